The van der Waals surface area contributed by atoms with Crippen molar-refractivity contribution in [1.29, 1.82) is 0 Å². The van der Waals surface area contributed by atoms with E-state index in [1.165, 1.54) is 16.0 Å². The lowest BCUT2D eigenvalue weighted by molar-refractivity contribution is 0.216. The van der Waals surface area contributed by atoms with Gasteiger partial charge < -0.3 is 13.9 Å². The average Bonchev–Trinajstić information content (AvgIpc) is 3.13. The monoisotopic (exact) mass is 381 g/mol. The summed E-state index contributed by atoms with van der Waals surface area (Å²) >= 11 is 1.75. The fraction of sp³-hybridized carbons (Fsp3) is 0.273. The number of nitrogens with zero attached hydrogens (tertiary/aromatic N) is 1. The first-order valence-electron chi connectivity index (χ1n) is 8.98. The van der Waals surface area contributed by atoms with Crippen molar-refractivity contribution in [3.05, 3.63) is 66.1 Å². The molecule has 1 aromatic heterocycles. The molecule has 4 rings (SSSR count). The molecule has 4 nitrogen and oxygen atoms in total. The summed E-state index contributed by atoms with van der Waals surface area (Å²) in [6.45, 7) is 3.16. The van der Waals surface area contributed by atoms with E-state index in [4.69, 9.17) is 13.9 Å². The van der Waals surface area contributed by atoms with Crippen molar-refractivity contribution in [2.24, 2.45) is 0 Å². The van der Waals surface area contributed by atoms with Gasteiger partial charge in [-0.25, -0.2) is 0 Å². The predicted molar refractivity (Wildman–Crippen MR) is 109 cm³/mol. The molecule has 0 bridgehead atoms. The summed E-state index contributed by atoms with van der Waals surface area (Å²) < 4.78 is 16.9. The molecule has 2 aromatic carbocycles. The van der Waals surface area contributed by atoms with Crippen molar-refractivity contribution in [1.82, 2.24) is 4.90 Å². The van der Waals surface area contributed by atoms with E-state index in [-0.39, 0.29) is 0 Å². The molecular weight excluding hydrogens is 358 g/mol. The number of hydrogen-bond donors (Lipinski definition) is 0. The SMILES string of the molecule is COc1cc(-c2ccc(SC)cc2)cc2c1OCCN(Cc1ccoc1)C2. The van der Waals surface area contributed by atoms with Crippen LogP contribution in [0.4, 0.5) is 0 Å². The molecule has 0 radical (unpaired) electrons. The number of furan rings is 1. The van der Waals surface area contributed by atoms with Gasteiger partial charge in [-0.15, -0.1) is 11.8 Å². The number of benzene rings is 2. The van der Waals surface area contributed by atoms with E-state index in [0.29, 0.717) is 6.61 Å². The molecule has 0 unspecified atom stereocenters. The van der Waals surface area contributed by atoms with E-state index < -0.39 is 0 Å². The third-order valence-corrected chi connectivity index (χ3v) is 5.55. The van der Waals surface area contributed by atoms with E-state index in [9.17, 15) is 0 Å². The lowest BCUT2D eigenvalue weighted by atomic mass is 10.0. The van der Waals surface area contributed by atoms with Crippen molar-refractivity contribution < 1.29 is 13.9 Å². The highest BCUT2D eigenvalue weighted by Crippen LogP contribution is 2.38. The van der Waals surface area contributed by atoms with Crippen LogP contribution in [-0.4, -0.2) is 31.4 Å². The van der Waals surface area contributed by atoms with Crippen LogP contribution in [0.1, 0.15) is 11.1 Å². The fourth-order valence-corrected chi connectivity index (χ4v) is 3.82. The van der Waals surface area contributed by atoms with Gasteiger partial charge in [-0.3, -0.25) is 4.90 Å². The topological polar surface area (TPSA) is 34.8 Å². The van der Waals surface area contributed by atoms with Gasteiger partial charge in [0.1, 0.15) is 6.61 Å². The van der Waals surface area contributed by atoms with E-state index in [2.05, 4.69) is 47.6 Å². The summed E-state index contributed by atoms with van der Waals surface area (Å²) in [5.41, 5.74) is 4.65. The van der Waals surface area contributed by atoms with Crippen LogP contribution in [0.15, 0.2) is 64.3 Å². The highest BCUT2D eigenvalue weighted by Gasteiger charge is 2.21. The maximum Gasteiger partial charge on any atom is 0.165 e. The summed E-state index contributed by atoms with van der Waals surface area (Å²) in [7, 11) is 1.70. The van der Waals surface area contributed by atoms with Crippen LogP contribution in [0.2, 0.25) is 0 Å². The highest BCUT2D eigenvalue weighted by molar-refractivity contribution is 7.98. The van der Waals surface area contributed by atoms with Gasteiger partial charge in [0.05, 0.1) is 19.6 Å². The molecule has 0 saturated carbocycles. The minimum atomic E-state index is 0.642. The van der Waals surface area contributed by atoms with Crippen LogP contribution in [0.25, 0.3) is 11.1 Å². The third-order valence-electron chi connectivity index (χ3n) is 4.81. The Morgan fingerprint density at radius 3 is 2.67 bits per heavy atom. The minimum Gasteiger partial charge on any atom is -0.493 e. The van der Waals surface area contributed by atoms with Crippen LogP contribution in [0.3, 0.4) is 0 Å². The normalized spacial score (nSPS) is 14.3. The van der Waals surface area contributed by atoms with Crippen molar-refractivity contribution >= 4 is 11.8 Å². The smallest absolute Gasteiger partial charge is 0.165 e. The van der Waals surface area contributed by atoms with Crippen LogP contribution in [0.5, 0.6) is 11.5 Å². The predicted octanol–water partition coefficient (Wildman–Crippen LogP) is 5.07. The van der Waals surface area contributed by atoms with Gasteiger partial charge in [0.15, 0.2) is 11.5 Å². The molecule has 0 amide bonds. The Balaban J connectivity index is 1.67. The number of methoxy groups -OCH3 is 1. The molecular formula is C22H23NO3S. The average molecular weight is 381 g/mol. The van der Waals surface area contributed by atoms with Crippen molar-refractivity contribution in [2.45, 2.75) is 18.0 Å². The Hall–Kier alpha value is -2.37. The molecule has 1 aliphatic rings. The Morgan fingerprint density at radius 2 is 1.96 bits per heavy atom. The number of rotatable bonds is 5. The summed E-state index contributed by atoms with van der Waals surface area (Å²) in [5.74, 6) is 1.65. The van der Waals surface area contributed by atoms with Gasteiger partial charge in [0.25, 0.3) is 0 Å². The van der Waals surface area contributed by atoms with Crippen molar-refractivity contribution in [3.63, 3.8) is 0 Å². The quantitative estimate of drug-likeness (QED) is 0.577. The van der Waals surface area contributed by atoms with Gasteiger partial charge in [-0.2, -0.15) is 0 Å². The van der Waals surface area contributed by atoms with Gasteiger partial charge in [-0.05, 0) is 47.7 Å². The molecule has 27 heavy (non-hydrogen) atoms. The van der Waals surface area contributed by atoms with Crippen LogP contribution in [-0.2, 0) is 13.1 Å². The van der Waals surface area contributed by atoms with Gasteiger partial charge >= 0.3 is 0 Å². The molecule has 1 aliphatic heterocycles. The molecule has 0 saturated heterocycles. The lowest BCUT2D eigenvalue weighted by Crippen LogP contribution is -2.25. The maximum atomic E-state index is 6.05. The second kappa shape index (κ2) is 8.11. The van der Waals surface area contributed by atoms with Crippen LogP contribution >= 0.6 is 11.8 Å². The van der Waals surface area contributed by atoms with E-state index >= 15 is 0 Å². The van der Waals surface area contributed by atoms with Crippen LogP contribution in [0, 0.1) is 0 Å². The van der Waals surface area contributed by atoms with Gasteiger partial charge in [0.2, 0.25) is 0 Å². The van der Waals surface area contributed by atoms with E-state index in [1.807, 2.05) is 6.07 Å². The van der Waals surface area contributed by atoms with E-state index in [0.717, 1.165) is 42.3 Å². The number of fused-ring (bicyclic) bond motifs is 1. The van der Waals surface area contributed by atoms with Gasteiger partial charge in [-0.1, -0.05) is 12.1 Å². The Morgan fingerprint density at radius 1 is 1.11 bits per heavy atom. The number of hydrogen-bond acceptors (Lipinski definition) is 5. The molecule has 140 valence electrons. The first-order chi connectivity index (χ1) is 13.3. The Labute approximate surface area is 164 Å². The minimum absolute atomic E-state index is 0.642. The van der Waals surface area contributed by atoms with Crippen LogP contribution < -0.4 is 9.47 Å². The highest BCUT2D eigenvalue weighted by atomic mass is 32.2. The summed E-state index contributed by atoms with van der Waals surface area (Å²) in [4.78, 5) is 3.63. The summed E-state index contributed by atoms with van der Waals surface area (Å²) in [6.07, 6.45) is 5.61. The standard InChI is InChI=1S/C22H23NO3S/c1-24-21-12-18(17-3-5-20(27-2)6-4-17)11-19-14-23(8-10-26-22(19)21)13-16-7-9-25-15-16/h3-7,9,11-12,15H,8,10,13-14H2,1-2H3. The zero-order valence-corrected chi connectivity index (χ0v) is 16.4. The second-order valence-corrected chi connectivity index (χ2v) is 7.47. The summed E-state index contributed by atoms with van der Waals surface area (Å²) in [6, 6.07) is 14.9. The molecule has 2 heterocycles. The Bertz CT molecular complexity index is 891. The molecule has 0 fully saturated rings. The largest absolute Gasteiger partial charge is 0.493 e. The zero-order valence-electron chi connectivity index (χ0n) is 15.6. The second-order valence-electron chi connectivity index (χ2n) is 6.59. The van der Waals surface area contributed by atoms with E-state index in [1.54, 1.807) is 31.4 Å². The maximum absolute atomic E-state index is 6.05. The van der Waals surface area contributed by atoms with Gasteiger partial charge in [0, 0.05) is 35.7 Å². The first-order valence-corrected chi connectivity index (χ1v) is 10.2. The molecule has 0 aliphatic carbocycles. The number of thioether (sulfide) groups is 1. The molecule has 3 aromatic rings. The van der Waals surface area contributed by atoms with Crippen molar-refractivity contribution in [2.75, 3.05) is 26.5 Å². The molecule has 0 N–H and O–H groups in total. The molecule has 5 heteroatoms. The number of ether oxygens (including phenoxy) is 2. The molecule has 0 spiro atoms. The lowest BCUT2D eigenvalue weighted by Gasteiger charge is -2.19. The first kappa shape index (κ1) is 18.0. The fourth-order valence-electron chi connectivity index (χ4n) is 3.42. The van der Waals surface area contributed by atoms with Crippen molar-refractivity contribution in [3.8, 4) is 22.6 Å². The summed E-state index contributed by atoms with van der Waals surface area (Å²) in [5, 5.41) is 0. The third kappa shape index (κ3) is 3.99. The zero-order chi connectivity index (χ0) is 18.6. The Kier molecular flexibility index (Phi) is 5.41. The molecule has 0 atom stereocenters.